The minimum absolute atomic E-state index is 0.130. The SMILES string of the molecule is O=C(c1ccccc1)N(S)c1ccccc1. The molecule has 0 atom stereocenters. The molecule has 0 aromatic heterocycles. The lowest BCUT2D eigenvalue weighted by Gasteiger charge is -2.15. The second kappa shape index (κ2) is 4.86. The monoisotopic (exact) mass is 229 g/mol. The molecule has 0 bridgehead atoms. The molecule has 0 heterocycles. The number of anilines is 1. The standard InChI is InChI=1S/C13H11NOS/c15-13(11-7-3-1-4-8-11)14(16)12-9-5-2-6-10-12/h1-10,16H. The Morgan fingerprint density at radius 1 is 0.875 bits per heavy atom. The Labute approximate surface area is 100 Å². The van der Waals surface area contributed by atoms with Crippen LogP contribution < -0.4 is 4.31 Å². The number of rotatable bonds is 2. The van der Waals surface area contributed by atoms with Crippen LogP contribution in [0.5, 0.6) is 0 Å². The summed E-state index contributed by atoms with van der Waals surface area (Å²) in [6.07, 6.45) is 0. The molecule has 0 radical (unpaired) electrons. The zero-order valence-corrected chi connectivity index (χ0v) is 9.47. The topological polar surface area (TPSA) is 20.3 Å². The quantitative estimate of drug-likeness (QED) is 0.784. The van der Waals surface area contributed by atoms with Crippen molar-refractivity contribution < 1.29 is 4.79 Å². The molecule has 1 amide bonds. The van der Waals surface area contributed by atoms with Gasteiger partial charge >= 0.3 is 0 Å². The van der Waals surface area contributed by atoms with Crippen LogP contribution in [0.2, 0.25) is 0 Å². The van der Waals surface area contributed by atoms with E-state index in [0.717, 1.165) is 5.69 Å². The van der Waals surface area contributed by atoms with Gasteiger partial charge in [0.1, 0.15) is 0 Å². The maximum Gasteiger partial charge on any atom is 0.268 e. The second-order valence-corrected chi connectivity index (χ2v) is 3.72. The van der Waals surface area contributed by atoms with E-state index in [-0.39, 0.29) is 5.91 Å². The Morgan fingerprint density at radius 2 is 1.38 bits per heavy atom. The fourth-order valence-corrected chi connectivity index (χ4v) is 1.64. The van der Waals surface area contributed by atoms with E-state index < -0.39 is 0 Å². The Bertz CT molecular complexity index is 470. The molecule has 3 heteroatoms. The fraction of sp³-hybridized carbons (Fsp3) is 0. The molecule has 16 heavy (non-hydrogen) atoms. The maximum absolute atomic E-state index is 12.0. The minimum Gasteiger partial charge on any atom is -0.268 e. The van der Waals surface area contributed by atoms with Gasteiger partial charge in [-0.3, -0.25) is 9.10 Å². The molecular formula is C13H11NOS. The predicted molar refractivity (Wildman–Crippen MR) is 68.7 cm³/mol. The summed E-state index contributed by atoms with van der Waals surface area (Å²) in [5, 5.41) is 0. The van der Waals surface area contributed by atoms with Crippen LogP contribution in [0.15, 0.2) is 60.7 Å². The first-order valence-corrected chi connectivity index (χ1v) is 5.32. The average molecular weight is 229 g/mol. The van der Waals surface area contributed by atoms with Gasteiger partial charge in [0.15, 0.2) is 0 Å². The number of para-hydroxylation sites is 1. The van der Waals surface area contributed by atoms with Crippen LogP contribution >= 0.6 is 12.8 Å². The molecule has 0 aliphatic rings. The van der Waals surface area contributed by atoms with Crippen LogP contribution in [-0.2, 0) is 0 Å². The average Bonchev–Trinajstić information content (AvgIpc) is 2.39. The van der Waals surface area contributed by atoms with Crippen LogP contribution in [-0.4, -0.2) is 5.91 Å². The van der Waals surface area contributed by atoms with Gasteiger partial charge < -0.3 is 0 Å². The lowest BCUT2D eigenvalue weighted by atomic mass is 10.2. The maximum atomic E-state index is 12.0. The molecule has 0 saturated heterocycles. The van der Waals surface area contributed by atoms with Crippen molar-refractivity contribution >= 4 is 24.4 Å². The summed E-state index contributed by atoms with van der Waals surface area (Å²) in [6, 6.07) is 18.4. The Kier molecular flexibility index (Phi) is 3.27. The molecule has 80 valence electrons. The van der Waals surface area contributed by atoms with Crippen LogP contribution in [0.25, 0.3) is 0 Å². The molecule has 0 saturated carbocycles. The van der Waals surface area contributed by atoms with Crippen molar-refractivity contribution in [1.82, 2.24) is 0 Å². The molecular weight excluding hydrogens is 218 g/mol. The molecule has 0 aliphatic carbocycles. The van der Waals surface area contributed by atoms with Crippen molar-refractivity contribution in [3.05, 3.63) is 66.2 Å². The van der Waals surface area contributed by atoms with Gasteiger partial charge in [0.2, 0.25) is 0 Å². The van der Waals surface area contributed by atoms with Crippen molar-refractivity contribution in [3.8, 4) is 0 Å². The van der Waals surface area contributed by atoms with Gasteiger partial charge in [-0.25, -0.2) is 0 Å². The lowest BCUT2D eigenvalue weighted by molar-refractivity contribution is 0.101. The van der Waals surface area contributed by atoms with Crippen LogP contribution in [0, 0.1) is 0 Å². The van der Waals surface area contributed by atoms with Gasteiger partial charge in [0.25, 0.3) is 5.91 Å². The van der Waals surface area contributed by atoms with Crippen molar-refractivity contribution in [2.75, 3.05) is 4.31 Å². The first kappa shape index (κ1) is 10.8. The van der Waals surface area contributed by atoms with Gasteiger partial charge in [-0.1, -0.05) is 49.2 Å². The van der Waals surface area contributed by atoms with Crippen molar-refractivity contribution in [2.24, 2.45) is 0 Å². The van der Waals surface area contributed by atoms with Crippen LogP contribution in [0.3, 0.4) is 0 Å². The third-order valence-electron chi connectivity index (χ3n) is 2.21. The van der Waals surface area contributed by atoms with E-state index in [1.807, 2.05) is 48.5 Å². The number of hydrogen-bond acceptors (Lipinski definition) is 2. The number of carbonyl (C=O) groups excluding carboxylic acids is 1. The van der Waals surface area contributed by atoms with Gasteiger partial charge in [-0.2, -0.15) is 0 Å². The summed E-state index contributed by atoms with van der Waals surface area (Å²) in [5.74, 6) is -0.130. The molecule has 0 N–H and O–H groups in total. The molecule has 2 rings (SSSR count). The molecule has 2 aromatic carbocycles. The van der Waals surface area contributed by atoms with Crippen LogP contribution in [0.1, 0.15) is 10.4 Å². The molecule has 2 nitrogen and oxygen atoms in total. The van der Waals surface area contributed by atoms with Crippen molar-refractivity contribution in [1.29, 1.82) is 0 Å². The van der Waals surface area contributed by atoms with E-state index in [0.29, 0.717) is 5.56 Å². The predicted octanol–water partition coefficient (Wildman–Crippen LogP) is 3.18. The Hall–Kier alpha value is -1.74. The van der Waals surface area contributed by atoms with Gasteiger partial charge in [0, 0.05) is 5.56 Å². The summed E-state index contributed by atoms with van der Waals surface area (Å²) in [5.41, 5.74) is 1.39. The Morgan fingerprint density at radius 3 is 1.94 bits per heavy atom. The van der Waals surface area contributed by atoms with E-state index in [9.17, 15) is 4.79 Å². The Balaban J connectivity index is 2.24. The third-order valence-corrected chi connectivity index (χ3v) is 2.63. The second-order valence-electron chi connectivity index (χ2n) is 3.32. The lowest BCUT2D eigenvalue weighted by Crippen LogP contribution is -2.20. The smallest absolute Gasteiger partial charge is 0.268 e. The summed E-state index contributed by atoms with van der Waals surface area (Å²) in [6.45, 7) is 0. The van der Waals surface area contributed by atoms with E-state index in [4.69, 9.17) is 0 Å². The van der Waals surface area contributed by atoms with Gasteiger partial charge in [0.05, 0.1) is 5.69 Å². The summed E-state index contributed by atoms with van der Waals surface area (Å²) in [4.78, 5) is 12.0. The zero-order chi connectivity index (χ0) is 11.4. The number of hydrogen-bond donors (Lipinski definition) is 1. The van der Waals surface area contributed by atoms with Crippen LogP contribution in [0.4, 0.5) is 5.69 Å². The number of nitrogens with zero attached hydrogens (tertiary/aromatic N) is 1. The van der Waals surface area contributed by atoms with Crippen molar-refractivity contribution in [2.45, 2.75) is 0 Å². The van der Waals surface area contributed by atoms with E-state index >= 15 is 0 Å². The fourth-order valence-electron chi connectivity index (χ4n) is 1.39. The number of amides is 1. The highest BCUT2D eigenvalue weighted by Gasteiger charge is 2.13. The van der Waals surface area contributed by atoms with E-state index in [2.05, 4.69) is 12.8 Å². The van der Waals surface area contributed by atoms with E-state index in [1.165, 1.54) is 4.31 Å². The highest BCUT2D eigenvalue weighted by atomic mass is 32.1. The number of thiol groups is 1. The molecule has 0 aliphatic heterocycles. The normalized spacial score (nSPS) is 9.81. The molecule has 0 spiro atoms. The first-order valence-electron chi connectivity index (χ1n) is 4.92. The highest BCUT2D eigenvalue weighted by molar-refractivity contribution is 7.82. The molecule has 0 unspecified atom stereocenters. The summed E-state index contributed by atoms with van der Waals surface area (Å²) in [7, 11) is 0. The number of benzene rings is 2. The summed E-state index contributed by atoms with van der Waals surface area (Å²) >= 11 is 4.21. The van der Waals surface area contributed by atoms with Gasteiger partial charge in [-0.15, -0.1) is 0 Å². The summed E-state index contributed by atoms with van der Waals surface area (Å²) < 4.78 is 1.34. The number of carbonyl (C=O) groups is 1. The van der Waals surface area contributed by atoms with Crippen molar-refractivity contribution in [3.63, 3.8) is 0 Å². The first-order chi connectivity index (χ1) is 7.79. The molecule has 2 aromatic rings. The zero-order valence-electron chi connectivity index (χ0n) is 8.58. The van der Waals surface area contributed by atoms with Gasteiger partial charge in [-0.05, 0) is 24.3 Å². The third kappa shape index (κ3) is 2.25. The largest absolute Gasteiger partial charge is 0.268 e. The highest BCUT2D eigenvalue weighted by Crippen LogP contribution is 2.18. The minimum atomic E-state index is -0.130. The molecule has 0 fully saturated rings. The van der Waals surface area contributed by atoms with E-state index in [1.54, 1.807) is 12.1 Å².